The maximum absolute atomic E-state index is 12.2. The Morgan fingerprint density at radius 2 is 1.96 bits per heavy atom. The van der Waals surface area contributed by atoms with E-state index in [1.54, 1.807) is 18.2 Å². The van der Waals surface area contributed by atoms with Crippen LogP contribution in [0.2, 0.25) is 0 Å². The van der Waals surface area contributed by atoms with E-state index in [0.29, 0.717) is 5.56 Å². The minimum atomic E-state index is -3.55. The van der Waals surface area contributed by atoms with Crippen LogP contribution < -0.4 is 11.1 Å². The van der Waals surface area contributed by atoms with Crippen molar-refractivity contribution in [3.63, 3.8) is 0 Å². The number of hydrogen-bond donors (Lipinski definition) is 2. The lowest BCUT2D eigenvalue weighted by atomic mass is 10.2. The Bertz CT molecular complexity index is 604. The number of ether oxygens (including phenoxy) is 1. The van der Waals surface area contributed by atoms with Crippen molar-refractivity contribution in [2.45, 2.75) is 24.0 Å². The highest BCUT2D eigenvalue weighted by molar-refractivity contribution is 7.89. The van der Waals surface area contributed by atoms with E-state index in [-0.39, 0.29) is 48.8 Å². The lowest BCUT2D eigenvalue weighted by Crippen LogP contribution is -2.32. The van der Waals surface area contributed by atoms with Crippen LogP contribution in [0.15, 0.2) is 29.2 Å². The third-order valence-electron chi connectivity index (χ3n) is 3.22. The maximum Gasteiger partial charge on any atom is 0.242 e. The highest BCUT2D eigenvalue weighted by atomic mass is 35.5. The van der Waals surface area contributed by atoms with Gasteiger partial charge in [0.25, 0.3) is 0 Å². The van der Waals surface area contributed by atoms with Gasteiger partial charge < -0.3 is 15.8 Å². The van der Waals surface area contributed by atoms with Crippen molar-refractivity contribution in [3.8, 4) is 0 Å². The fraction of sp³-hybridized carbons (Fsp3) is 0.500. The fourth-order valence-corrected chi connectivity index (χ4v) is 2.95. The van der Waals surface area contributed by atoms with Crippen LogP contribution in [-0.2, 0) is 26.1 Å². The van der Waals surface area contributed by atoms with Gasteiger partial charge in [-0.25, -0.2) is 12.7 Å². The monoisotopic (exact) mass is 365 g/mol. The first kappa shape index (κ1) is 21.8. The van der Waals surface area contributed by atoms with Crippen molar-refractivity contribution >= 4 is 28.3 Å². The molecule has 3 N–H and O–H groups in total. The Kier molecular flexibility index (Phi) is 9.33. The summed E-state index contributed by atoms with van der Waals surface area (Å²) in [4.78, 5) is 12.0. The molecule has 0 spiro atoms. The number of rotatable bonds is 8. The third kappa shape index (κ3) is 6.08. The molecule has 0 saturated heterocycles. The molecule has 0 saturated carbocycles. The van der Waals surface area contributed by atoms with Gasteiger partial charge >= 0.3 is 0 Å². The standard InChI is InChI=1S/C14H23N3O4S.ClH/c1-17(2)22(19,20)13-7-5-4-6-11(13)10-16-14(18)8-12(9-15)21-3;/h4-7,12H,8-10,15H2,1-3H3,(H,16,18);1H. The van der Waals surface area contributed by atoms with Crippen molar-refractivity contribution in [2.75, 3.05) is 27.7 Å². The van der Waals surface area contributed by atoms with Crippen LogP contribution in [-0.4, -0.2) is 52.5 Å². The Morgan fingerprint density at radius 1 is 1.35 bits per heavy atom. The molecule has 7 nitrogen and oxygen atoms in total. The van der Waals surface area contributed by atoms with Gasteiger partial charge in [-0.1, -0.05) is 18.2 Å². The minimum absolute atomic E-state index is 0. The van der Waals surface area contributed by atoms with E-state index in [9.17, 15) is 13.2 Å². The Labute approximate surface area is 143 Å². The molecular formula is C14H24ClN3O4S. The normalized spacial score (nSPS) is 12.6. The Morgan fingerprint density at radius 3 is 2.48 bits per heavy atom. The quantitative estimate of drug-likeness (QED) is 0.691. The minimum Gasteiger partial charge on any atom is -0.380 e. The summed E-state index contributed by atoms with van der Waals surface area (Å²) in [5, 5.41) is 2.69. The summed E-state index contributed by atoms with van der Waals surface area (Å²) in [5.74, 6) is -0.241. The number of sulfonamides is 1. The highest BCUT2D eigenvalue weighted by Gasteiger charge is 2.21. The van der Waals surface area contributed by atoms with E-state index < -0.39 is 10.0 Å². The van der Waals surface area contributed by atoms with E-state index >= 15 is 0 Å². The first-order chi connectivity index (χ1) is 10.3. The molecule has 0 aliphatic heterocycles. The molecule has 0 aromatic heterocycles. The van der Waals surface area contributed by atoms with Gasteiger partial charge in [0.05, 0.1) is 17.4 Å². The summed E-state index contributed by atoms with van der Waals surface area (Å²) in [6.45, 7) is 0.374. The van der Waals surface area contributed by atoms with Gasteiger partial charge in [0, 0.05) is 34.3 Å². The van der Waals surface area contributed by atoms with Crippen molar-refractivity contribution in [2.24, 2.45) is 5.73 Å². The molecule has 0 aliphatic rings. The summed E-state index contributed by atoms with van der Waals surface area (Å²) >= 11 is 0. The molecule has 132 valence electrons. The van der Waals surface area contributed by atoms with Crippen molar-refractivity contribution in [1.29, 1.82) is 0 Å². The smallest absolute Gasteiger partial charge is 0.242 e. The fourth-order valence-electron chi connectivity index (χ4n) is 1.83. The van der Waals surface area contributed by atoms with Crippen LogP contribution >= 0.6 is 12.4 Å². The molecule has 23 heavy (non-hydrogen) atoms. The van der Waals surface area contributed by atoms with Crippen LogP contribution in [0.4, 0.5) is 0 Å². The molecular weight excluding hydrogens is 342 g/mol. The lowest BCUT2D eigenvalue weighted by molar-refractivity contribution is -0.123. The SMILES string of the molecule is COC(CN)CC(=O)NCc1ccccc1S(=O)(=O)N(C)C.Cl. The molecule has 0 heterocycles. The number of nitrogens with zero attached hydrogens (tertiary/aromatic N) is 1. The molecule has 0 radical (unpaired) electrons. The topological polar surface area (TPSA) is 102 Å². The second-order valence-electron chi connectivity index (χ2n) is 4.97. The Balaban J connectivity index is 0.00000484. The number of benzene rings is 1. The second kappa shape index (κ2) is 9.84. The molecule has 0 fully saturated rings. The molecule has 1 aromatic rings. The highest BCUT2D eigenvalue weighted by Crippen LogP contribution is 2.18. The number of methoxy groups -OCH3 is 1. The van der Waals surface area contributed by atoms with Gasteiger partial charge in [0.15, 0.2) is 0 Å². The first-order valence-electron chi connectivity index (χ1n) is 6.83. The molecule has 9 heteroatoms. The number of carbonyl (C=O) groups excluding carboxylic acids is 1. The largest absolute Gasteiger partial charge is 0.380 e. The van der Waals surface area contributed by atoms with Crippen LogP contribution in [0.5, 0.6) is 0 Å². The van der Waals surface area contributed by atoms with Gasteiger partial charge in [0.2, 0.25) is 15.9 Å². The number of nitrogens with one attached hydrogen (secondary N) is 1. The maximum atomic E-state index is 12.2. The molecule has 1 unspecified atom stereocenters. The van der Waals surface area contributed by atoms with Crippen molar-refractivity contribution in [1.82, 2.24) is 9.62 Å². The lowest BCUT2D eigenvalue weighted by Gasteiger charge is -2.16. The molecule has 0 bridgehead atoms. The number of halogens is 1. The average Bonchev–Trinajstić information content (AvgIpc) is 2.50. The number of hydrogen-bond acceptors (Lipinski definition) is 5. The predicted molar refractivity (Wildman–Crippen MR) is 90.9 cm³/mol. The molecule has 1 rings (SSSR count). The van der Waals surface area contributed by atoms with Gasteiger partial charge in [-0.15, -0.1) is 12.4 Å². The predicted octanol–water partition coefficient (Wildman–Crippen LogP) is 0.339. The van der Waals surface area contributed by atoms with E-state index in [0.717, 1.165) is 4.31 Å². The zero-order valence-corrected chi connectivity index (χ0v) is 15.1. The summed E-state index contributed by atoms with van der Waals surface area (Å²) in [6, 6.07) is 6.58. The second-order valence-corrected chi connectivity index (χ2v) is 7.09. The van der Waals surface area contributed by atoms with Gasteiger partial charge in [-0.2, -0.15) is 0 Å². The van der Waals surface area contributed by atoms with Crippen LogP contribution in [0.1, 0.15) is 12.0 Å². The van der Waals surface area contributed by atoms with Gasteiger partial charge in [-0.05, 0) is 11.6 Å². The summed E-state index contributed by atoms with van der Waals surface area (Å²) in [7, 11) is 0.874. The van der Waals surface area contributed by atoms with E-state index in [1.807, 2.05) is 0 Å². The molecule has 0 aliphatic carbocycles. The number of carbonyl (C=O) groups is 1. The number of amides is 1. The first-order valence-corrected chi connectivity index (χ1v) is 8.27. The van der Waals surface area contributed by atoms with E-state index in [2.05, 4.69) is 5.32 Å². The summed E-state index contributed by atoms with van der Waals surface area (Å²) in [5.41, 5.74) is 6.00. The zero-order valence-electron chi connectivity index (χ0n) is 13.5. The van der Waals surface area contributed by atoms with Crippen molar-refractivity contribution < 1.29 is 17.9 Å². The molecule has 1 amide bonds. The third-order valence-corrected chi connectivity index (χ3v) is 5.13. The molecule has 1 atom stereocenters. The molecule has 1 aromatic carbocycles. The van der Waals surface area contributed by atoms with Gasteiger partial charge in [-0.3, -0.25) is 4.79 Å². The van der Waals surface area contributed by atoms with E-state index in [1.165, 1.54) is 27.3 Å². The van der Waals surface area contributed by atoms with Crippen LogP contribution in [0.3, 0.4) is 0 Å². The summed E-state index contributed by atoms with van der Waals surface area (Å²) < 4.78 is 30.7. The Hall–Kier alpha value is -1.19. The van der Waals surface area contributed by atoms with Crippen molar-refractivity contribution in [3.05, 3.63) is 29.8 Å². The van der Waals surface area contributed by atoms with Crippen LogP contribution in [0.25, 0.3) is 0 Å². The average molecular weight is 366 g/mol. The number of nitrogens with two attached hydrogens (primary N) is 1. The van der Waals surface area contributed by atoms with Gasteiger partial charge in [0.1, 0.15) is 0 Å². The van der Waals surface area contributed by atoms with E-state index in [4.69, 9.17) is 10.5 Å². The van der Waals surface area contributed by atoms with Crippen LogP contribution in [0, 0.1) is 0 Å². The summed E-state index contributed by atoms with van der Waals surface area (Å²) in [6.07, 6.45) is -0.212. The zero-order chi connectivity index (χ0) is 16.8.